The number of nitrogens with one attached hydrogen (secondary N) is 1. The molecule has 1 unspecified atom stereocenters. The first-order valence-corrected chi connectivity index (χ1v) is 14.7. The number of carbonyl (C=O) groups is 2. The van der Waals surface area contributed by atoms with E-state index in [9.17, 15) is 14.4 Å². The smallest absolute Gasteiger partial charge is 0.350 e. The fourth-order valence-electron chi connectivity index (χ4n) is 4.41. The number of aryl methyl sites for hydroxylation is 1. The minimum Gasteiger partial charge on any atom is -0.473 e. The molecule has 0 radical (unpaired) electrons. The molecule has 0 spiro atoms. The molecule has 1 amide bonds. The number of ether oxygens (including phenoxy) is 2. The molecule has 5 rings (SSSR count). The molecule has 1 atom stereocenters. The molecule has 0 saturated heterocycles. The number of hydrogen-bond acceptors (Lipinski definition) is 8. The molecule has 43 heavy (non-hydrogen) atoms. The first kappa shape index (κ1) is 29.7. The van der Waals surface area contributed by atoms with E-state index in [1.165, 1.54) is 6.92 Å². The van der Waals surface area contributed by atoms with Gasteiger partial charge in [-0.2, -0.15) is 0 Å². The summed E-state index contributed by atoms with van der Waals surface area (Å²) >= 11 is 1.01. The zero-order chi connectivity index (χ0) is 30.7. The Bertz CT molecular complexity index is 1840. The zero-order valence-electron chi connectivity index (χ0n) is 24.6. The van der Waals surface area contributed by atoms with Crippen LogP contribution in [0.3, 0.4) is 0 Å². The molecule has 0 aliphatic rings. The highest BCUT2D eigenvalue weighted by Crippen LogP contribution is 2.33. The molecule has 9 heteroatoms. The summed E-state index contributed by atoms with van der Waals surface area (Å²) in [5.41, 5.74) is 3.04. The molecule has 1 N–H and O–H groups in total. The minimum absolute atomic E-state index is 0.0542. The van der Waals surface area contributed by atoms with Crippen LogP contribution in [0.4, 0.5) is 5.13 Å². The average molecular weight is 597 g/mol. The Kier molecular flexibility index (Phi) is 8.45. The van der Waals surface area contributed by atoms with Crippen molar-refractivity contribution < 1.29 is 23.5 Å². The maximum atomic E-state index is 13.6. The molecule has 0 aliphatic carbocycles. The summed E-state index contributed by atoms with van der Waals surface area (Å²) in [5.74, 6) is -0.901. The number of anilines is 1. The maximum absolute atomic E-state index is 13.6. The van der Waals surface area contributed by atoms with Crippen LogP contribution in [0.25, 0.3) is 22.3 Å². The first-order valence-electron chi connectivity index (χ1n) is 13.8. The summed E-state index contributed by atoms with van der Waals surface area (Å²) in [6.45, 7) is 9.68. The fraction of sp³-hybridized carbons (Fsp3) is 0.235. The lowest BCUT2D eigenvalue weighted by Gasteiger charge is -2.20. The third kappa shape index (κ3) is 6.67. The van der Waals surface area contributed by atoms with Crippen LogP contribution >= 0.6 is 11.3 Å². The minimum atomic E-state index is -1.09. The summed E-state index contributed by atoms with van der Waals surface area (Å²) < 4.78 is 17.6. The Morgan fingerprint density at radius 3 is 2.35 bits per heavy atom. The van der Waals surface area contributed by atoms with Crippen LogP contribution in [0.5, 0.6) is 5.75 Å². The van der Waals surface area contributed by atoms with Gasteiger partial charge >= 0.3 is 5.97 Å². The van der Waals surface area contributed by atoms with Crippen molar-refractivity contribution in [3.63, 3.8) is 0 Å². The quantitative estimate of drug-likeness (QED) is 0.188. The second-order valence-corrected chi connectivity index (χ2v) is 12.2. The number of amides is 1. The Morgan fingerprint density at radius 1 is 0.977 bits per heavy atom. The van der Waals surface area contributed by atoms with Crippen LogP contribution in [0.1, 0.15) is 54.2 Å². The summed E-state index contributed by atoms with van der Waals surface area (Å²) in [6.07, 6.45) is -1.09. The van der Waals surface area contributed by atoms with Gasteiger partial charge in [-0.25, -0.2) is 9.78 Å². The van der Waals surface area contributed by atoms with Crippen LogP contribution in [0.15, 0.2) is 88.1 Å². The molecule has 0 aliphatic heterocycles. The van der Waals surface area contributed by atoms with E-state index in [1.54, 1.807) is 31.2 Å². The van der Waals surface area contributed by atoms with E-state index >= 15 is 0 Å². The van der Waals surface area contributed by atoms with E-state index in [-0.39, 0.29) is 39.0 Å². The van der Waals surface area contributed by atoms with Gasteiger partial charge in [0.2, 0.25) is 11.2 Å². The van der Waals surface area contributed by atoms with Crippen molar-refractivity contribution in [3.8, 4) is 17.1 Å². The number of fused-ring (bicyclic) bond motifs is 1. The molecule has 0 fully saturated rings. The molecular weight excluding hydrogens is 564 g/mol. The lowest BCUT2D eigenvalue weighted by atomic mass is 9.86. The maximum Gasteiger partial charge on any atom is 0.350 e. The number of benzene rings is 3. The number of nitrogens with zero attached hydrogens (tertiary/aromatic N) is 1. The topological polar surface area (TPSA) is 108 Å². The predicted molar refractivity (Wildman–Crippen MR) is 168 cm³/mol. The van der Waals surface area contributed by atoms with E-state index in [4.69, 9.17) is 13.9 Å². The Hall–Kier alpha value is -4.76. The normalized spacial score (nSPS) is 12.1. The number of esters is 1. The van der Waals surface area contributed by atoms with Crippen LogP contribution in [-0.4, -0.2) is 23.0 Å². The van der Waals surface area contributed by atoms with E-state index in [0.29, 0.717) is 22.2 Å². The van der Waals surface area contributed by atoms with Gasteiger partial charge in [0.05, 0.1) is 11.1 Å². The second kappa shape index (κ2) is 12.2. The van der Waals surface area contributed by atoms with E-state index in [0.717, 1.165) is 22.5 Å². The number of para-hydroxylation sites is 1. The van der Waals surface area contributed by atoms with Gasteiger partial charge in [-0.15, -0.1) is 0 Å². The van der Waals surface area contributed by atoms with Crippen molar-refractivity contribution in [3.05, 3.63) is 111 Å². The molecular formula is C34H32N2O6S. The lowest BCUT2D eigenvalue weighted by molar-refractivity contribution is -0.122. The van der Waals surface area contributed by atoms with Gasteiger partial charge in [0, 0.05) is 5.56 Å². The van der Waals surface area contributed by atoms with Gasteiger partial charge in [-0.05, 0) is 42.5 Å². The number of rotatable bonds is 8. The summed E-state index contributed by atoms with van der Waals surface area (Å²) in [7, 11) is 0. The van der Waals surface area contributed by atoms with Crippen molar-refractivity contribution in [2.24, 2.45) is 0 Å². The molecule has 0 saturated carbocycles. The van der Waals surface area contributed by atoms with E-state index < -0.39 is 18.0 Å². The molecule has 220 valence electrons. The lowest BCUT2D eigenvalue weighted by Crippen LogP contribution is -2.31. The van der Waals surface area contributed by atoms with Gasteiger partial charge in [0.25, 0.3) is 5.91 Å². The zero-order valence-corrected chi connectivity index (χ0v) is 25.4. The predicted octanol–water partition coefficient (Wildman–Crippen LogP) is 7.29. The Balaban J connectivity index is 1.36. The van der Waals surface area contributed by atoms with Crippen molar-refractivity contribution >= 4 is 39.3 Å². The van der Waals surface area contributed by atoms with Gasteiger partial charge in [0.15, 0.2) is 17.0 Å². The number of carbonyl (C=O) groups excluding carboxylic acids is 2. The first-order chi connectivity index (χ1) is 20.5. The highest BCUT2D eigenvalue weighted by atomic mass is 32.1. The summed E-state index contributed by atoms with van der Waals surface area (Å²) in [4.78, 5) is 44.0. The van der Waals surface area contributed by atoms with Gasteiger partial charge in [-0.3, -0.25) is 14.9 Å². The third-order valence-electron chi connectivity index (χ3n) is 6.86. The van der Waals surface area contributed by atoms with E-state index in [2.05, 4.69) is 31.1 Å². The van der Waals surface area contributed by atoms with Gasteiger partial charge in [-0.1, -0.05) is 98.8 Å². The summed E-state index contributed by atoms with van der Waals surface area (Å²) in [5, 5.41) is 3.25. The largest absolute Gasteiger partial charge is 0.473 e. The second-order valence-electron chi connectivity index (χ2n) is 11.2. The van der Waals surface area contributed by atoms with Crippen LogP contribution in [0, 0.1) is 6.92 Å². The van der Waals surface area contributed by atoms with Crippen molar-refractivity contribution in [1.82, 2.24) is 4.98 Å². The van der Waals surface area contributed by atoms with Crippen molar-refractivity contribution in [2.75, 3.05) is 5.32 Å². The molecule has 2 heterocycles. The van der Waals surface area contributed by atoms with Gasteiger partial charge < -0.3 is 13.9 Å². The fourth-order valence-corrected chi connectivity index (χ4v) is 5.27. The number of aromatic nitrogens is 1. The van der Waals surface area contributed by atoms with Crippen molar-refractivity contribution in [2.45, 2.75) is 52.7 Å². The molecule has 8 nitrogen and oxygen atoms in total. The molecule has 5 aromatic rings. The highest BCUT2D eigenvalue weighted by molar-refractivity contribution is 7.17. The molecule has 3 aromatic carbocycles. The Morgan fingerprint density at radius 2 is 1.65 bits per heavy atom. The number of hydrogen-bond donors (Lipinski definition) is 1. The standard InChI is InChI=1S/C34H32N2O6S/c1-20-30(32(39)40-19-22-11-7-6-8-12-22)43-33(35-20)36-31(38)21(2)41-29-27(37)25-13-9-10-14-26(25)42-28(29)23-15-17-24(18-16-23)34(3,4)5/h6-18,21H,19H2,1-5H3,(H,35,36,38). The average Bonchev–Trinajstić information content (AvgIpc) is 3.36. The SMILES string of the molecule is Cc1nc(NC(=O)C(C)Oc2c(-c3ccc(C(C)(C)C)cc3)oc3ccccc3c2=O)sc1C(=O)OCc1ccccc1. The number of thiazole rings is 1. The summed E-state index contributed by atoms with van der Waals surface area (Å²) in [6, 6.07) is 24.0. The highest BCUT2D eigenvalue weighted by Gasteiger charge is 2.25. The molecule has 2 aromatic heterocycles. The monoisotopic (exact) mass is 596 g/mol. The van der Waals surface area contributed by atoms with Crippen LogP contribution < -0.4 is 15.5 Å². The third-order valence-corrected chi connectivity index (χ3v) is 7.91. The van der Waals surface area contributed by atoms with Crippen molar-refractivity contribution in [1.29, 1.82) is 0 Å². The molecule has 0 bridgehead atoms. The van der Waals surface area contributed by atoms with Crippen LogP contribution in [0.2, 0.25) is 0 Å². The van der Waals surface area contributed by atoms with Crippen LogP contribution in [-0.2, 0) is 21.6 Å². The van der Waals surface area contributed by atoms with E-state index in [1.807, 2.05) is 54.6 Å². The van der Waals surface area contributed by atoms with Gasteiger partial charge in [0.1, 0.15) is 17.1 Å². The Labute approximate surface area is 253 Å².